The number of aryl methyl sites for hydroxylation is 1. The van der Waals surface area contributed by atoms with Gasteiger partial charge in [-0.05, 0) is 61.6 Å². The van der Waals surface area contributed by atoms with Crippen molar-refractivity contribution < 1.29 is 13.2 Å². The minimum Gasteiger partial charge on any atom is -0.357 e. The van der Waals surface area contributed by atoms with Crippen molar-refractivity contribution in [1.29, 1.82) is 0 Å². The minimum absolute atomic E-state index is 0.278. The lowest BCUT2D eigenvalue weighted by Crippen LogP contribution is -2.27. The molecule has 26 heavy (non-hydrogen) atoms. The predicted octanol–water partition coefficient (Wildman–Crippen LogP) is 5.40. The average Bonchev–Trinajstić information content (AvgIpc) is 3.01. The Morgan fingerprint density at radius 1 is 1.04 bits per heavy atom. The van der Waals surface area contributed by atoms with Crippen LogP contribution in [0.4, 0.5) is 13.2 Å². The van der Waals surface area contributed by atoms with Crippen molar-refractivity contribution in [1.82, 2.24) is 10.3 Å². The fourth-order valence-corrected chi connectivity index (χ4v) is 3.87. The van der Waals surface area contributed by atoms with Crippen LogP contribution in [0.1, 0.15) is 41.3 Å². The molecule has 5 heteroatoms. The number of rotatable bonds is 4. The Kier molecular flexibility index (Phi) is 4.49. The molecule has 0 bridgehead atoms. The molecule has 1 aromatic heterocycles. The number of hydrogen-bond acceptors (Lipinski definition) is 1. The molecule has 1 unspecified atom stereocenters. The number of aromatic nitrogens is 1. The number of hydrogen-bond donors (Lipinski definition) is 2. The van der Waals surface area contributed by atoms with Crippen molar-refractivity contribution in [2.24, 2.45) is 0 Å². The molecule has 0 spiro atoms. The zero-order chi connectivity index (χ0) is 18.1. The third kappa shape index (κ3) is 3.36. The van der Waals surface area contributed by atoms with E-state index in [1.807, 2.05) is 6.07 Å². The molecule has 0 saturated carbocycles. The van der Waals surface area contributed by atoms with E-state index < -0.39 is 11.7 Å². The highest BCUT2D eigenvalue weighted by Crippen LogP contribution is 2.34. The normalized spacial score (nSPS) is 17.4. The second kappa shape index (κ2) is 6.80. The van der Waals surface area contributed by atoms with Gasteiger partial charge >= 0.3 is 6.18 Å². The van der Waals surface area contributed by atoms with Crippen LogP contribution in [0, 0.1) is 0 Å². The molecule has 0 saturated heterocycles. The number of alkyl halides is 3. The van der Waals surface area contributed by atoms with Crippen LogP contribution in [0.2, 0.25) is 0 Å². The van der Waals surface area contributed by atoms with Gasteiger partial charge in [-0.15, -0.1) is 0 Å². The molecule has 136 valence electrons. The highest BCUT2D eigenvalue weighted by molar-refractivity contribution is 5.85. The lowest BCUT2D eigenvalue weighted by molar-refractivity contribution is -0.137. The Morgan fingerprint density at radius 3 is 2.58 bits per heavy atom. The summed E-state index contributed by atoms with van der Waals surface area (Å²) in [6, 6.07) is 14.1. The molecule has 3 aromatic rings. The van der Waals surface area contributed by atoms with Crippen LogP contribution < -0.4 is 5.32 Å². The maximum absolute atomic E-state index is 12.6. The molecule has 0 radical (unpaired) electrons. The molecule has 0 aliphatic heterocycles. The van der Waals surface area contributed by atoms with Crippen LogP contribution in [-0.2, 0) is 19.0 Å². The molecule has 0 fully saturated rings. The molecule has 4 rings (SSSR count). The standard InChI is InChI=1S/C21H21F3N2/c22-21(23,24)15-10-8-14(9-11-15)12-13-25-19-7-3-5-17-16-4-1-2-6-18(16)26-20(17)19/h1-2,4,6,8-11,19,25-26H,3,5,7,12-13H2. The first-order valence-corrected chi connectivity index (χ1v) is 9.01. The van der Waals surface area contributed by atoms with Crippen molar-refractivity contribution in [3.63, 3.8) is 0 Å². The largest absolute Gasteiger partial charge is 0.416 e. The van der Waals surface area contributed by atoms with Crippen LogP contribution in [0.25, 0.3) is 10.9 Å². The van der Waals surface area contributed by atoms with E-state index in [0.717, 1.165) is 43.5 Å². The summed E-state index contributed by atoms with van der Waals surface area (Å²) in [5.41, 5.74) is 4.17. The number of nitrogens with one attached hydrogen (secondary N) is 2. The number of H-pyrrole nitrogens is 1. The van der Waals surface area contributed by atoms with Crippen LogP contribution in [0.15, 0.2) is 48.5 Å². The van der Waals surface area contributed by atoms with Gasteiger partial charge in [-0.1, -0.05) is 30.3 Å². The lowest BCUT2D eigenvalue weighted by atomic mass is 9.91. The SMILES string of the molecule is FC(F)(F)c1ccc(CCNC2CCCc3c2[nH]c2ccccc32)cc1. The zero-order valence-electron chi connectivity index (χ0n) is 14.4. The Bertz CT molecular complexity index is 894. The van der Waals surface area contributed by atoms with E-state index in [1.165, 1.54) is 22.2 Å². The van der Waals surface area contributed by atoms with Crippen LogP contribution in [0.5, 0.6) is 0 Å². The topological polar surface area (TPSA) is 27.8 Å². The summed E-state index contributed by atoms with van der Waals surface area (Å²) in [6.07, 6.45) is -0.245. The number of aromatic amines is 1. The van der Waals surface area contributed by atoms with Gasteiger partial charge in [0, 0.05) is 22.6 Å². The predicted molar refractivity (Wildman–Crippen MR) is 97.1 cm³/mol. The summed E-state index contributed by atoms with van der Waals surface area (Å²) in [6.45, 7) is 0.741. The maximum atomic E-state index is 12.6. The molecule has 2 N–H and O–H groups in total. The summed E-state index contributed by atoms with van der Waals surface area (Å²) in [5, 5.41) is 4.88. The first kappa shape index (κ1) is 17.2. The smallest absolute Gasteiger partial charge is 0.357 e. The lowest BCUT2D eigenvalue weighted by Gasteiger charge is -2.24. The van der Waals surface area contributed by atoms with E-state index in [9.17, 15) is 13.2 Å². The van der Waals surface area contributed by atoms with E-state index in [0.29, 0.717) is 6.42 Å². The Labute approximate surface area is 150 Å². The average molecular weight is 358 g/mol. The van der Waals surface area contributed by atoms with E-state index in [2.05, 4.69) is 28.5 Å². The highest BCUT2D eigenvalue weighted by Gasteiger charge is 2.30. The Morgan fingerprint density at radius 2 is 1.81 bits per heavy atom. The number of fused-ring (bicyclic) bond motifs is 3. The molecule has 1 aliphatic rings. The fourth-order valence-electron chi connectivity index (χ4n) is 3.87. The number of halogens is 3. The molecule has 1 aliphatic carbocycles. The van der Waals surface area contributed by atoms with Gasteiger partial charge in [0.15, 0.2) is 0 Å². The van der Waals surface area contributed by atoms with Gasteiger partial charge in [0.1, 0.15) is 0 Å². The van der Waals surface area contributed by atoms with Gasteiger partial charge < -0.3 is 10.3 Å². The van der Waals surface area contributed by atoms with Crippen molar-refractivity contribution in [2.75, 3.05) is 6.54 Å². The van der Waals surface area contributed by atoms with E-state index in [-0.39, 0.29) is 6.04 Å². The van der Waals surface area contributed by atoms with Crippen LogP contribution in [-0.4, -0.2) is 11.5 Å². The third-order valence-electron chi connectivity index (χ3n) is 5.20. The Hall–Kier alpha value is -2.27. The third-order valence-corrected chi connectivity index (χ3v) is 5.20. The second-order valence-electron chi connectivity index (χ2n) is 6.91. The second-order valence-corrected chi connectivity index (χ2v) is 6.91. The van der Waals surface area contributed by atoms with E-state index in [1.54, 1.807) is 12.1 Å². The van der Waals surface area contributed by atoms with Crippen LogP contribution in [0.3, 0.4) is 0 Å². The van der Waals surface area contributed by atoms with Gasteiger partial charge in [0.25, 0.3) is 0 Å². The number of para-hydroxylation sites is 1. The molecule has 1 heterocycles. The maximum Gasteiger partial charge on any atom is 0.416 e. The van der Waals surface area contributed by atoms with E-state index >= 15 is 0 Å². The number of benzene rings is 2. The molecule has 2 aromatic carbocycles. The summed E-state index contributed by atoms with van der Waals surface area (Å²) in [7, 11) is 0. The van der Waals surface area contributed by atoms with Gasteiger partial charge in [-0.25, -0.2) is 0 Å². The van der Waals surface area contributed by atoms with Crippen molar-refractivity contribution >= 4 is 10.9 Å². The first-order chi connectivity index (χ1) is 12.5. The monoisotopic (exact) mass is 358 g/mol. The summed E-state index contributed by atoms with van der Waals surface area (Å²) in [4.78, 5) is 3.55. The molecule has 1 atom stereocenters. The Balaban J connectivity index is 1.42. The molecular weight excluding hydrogens is 337 g/mol. The zero-order valence-corrected chi connectivity index (χ0v) is 14.4. The molecule has 0 amide bonds. The summed E-state index contributed by atoms with van der Waals surface area (Å²) < 4.78 is 37.9. The van der Waals surface area contributed by atoms with Gasteiger partial charge in [0.2, 0.25) is 0 Å². The minimum atomic E-state index is -4.27. The van der Waals surface area contributed by atoms with Crippen molar-refractivity contribution in [3.8, 4) is 0 Å². The van der Waals surface area contributed by atoms with Gasteiger partial charge in [0.05, 0.1) is 5.56 Å². The highest BCUT2D eigenvalue weighted by atomic mass is 19.4. The summed E-state index contributed by atoms with van der Waals surface area (Å²) >= 11 is 0. The first-order valence-electron chi connectivity index (χ1n) is 9.01. The van der Waals surface area contributed by atoms with Gasteiger partial charge in [-0.2, -0.15) is 13.2 Å². The van der Waals surface area contributed by atoms with Crippen LogP contribution >= 0.6 is 0 Å². The summed E-state index contributed by atoms with van der Waals surface area (Å²) in [5.74, 6) is 0. The van der Waals surface area contributed by atoms with Gasteiger partial charge in [-0.3, -0.25) is 0 Å². The fraction of sp³-hybridized carbons (Fsp3) is 0.333. The van der Waals surface area contributed by atoms with Crippen molar-refractivity contribution in [3.05, 3.63) is 70.9 Å². The quantitative estimate of drug-likeness (QED) is 0.642. The molecule has 2 nitrogen and oxygen atoms in total. The molecular formula is C21H21F3N2. The van der Waals surface area contributed by atoms with E-state index in [4.69, 9.17) is 0 Å². The van der Waals surface area contributed by atoms with Crippen molar-refractivity contribution in [2.45, 2.75) is 37.9 Å².